The van der Waals surface area contributed by atoms with Crippen molar-refractivity contribution in [2.75, 3.05) is 7.11 Å². The Morgan fingerprint density at radius 2 is 1.95 bits per heavy atom. The van der Waals surface area contributed by atoms with Crippen molar-refractivity contribution in [3.05, 3.63) is 23.5 Å². The lowest BCUT2D eigenvalue weighted by Gasteiger charge is -2.14. The topological polar surface area (TPSA) is 78.8 Å². The third-order valence-electron chi connectivity index (χ3n) is 2.31. The van der Waals surface area contributed by atoms with Crippen LogP contribution in [-0.4, -0.2) is 42.9 Å². The molecule has 0 aromatic heterocycles. The summed E-state index contributed by atoms with van der Waals surface area (Å²) in [5.74, 6) is -3.18. The summed E-state index contributed by atoms with van der Waals surface area (Å²) >= 11 is 0. The third-order valence-corrected chi connectivity index (χ3v) is 2.31. The number of carbonyl (C=O) groups excluding carboxylic acids is 1. The molecular weight excluding hydrogens is 285 g/mol. The van der Waals surface area contributed by atoms with Crippen LogP contribution in [0.15, 0.2) is 12.1 Å². The fourth-order valence-electron chi connectivity index (χ4n) is 1.39. The van der Waals surface area contributed by atoms with Gasteiger partial charge in [0, 0.05) is 0 Å². The van der Waals surface area contributed by atoms with Crippen molar-refractivity contribution in [1.82, 2.24) is 5.32 Å². The Morgan fingerprint density at radius 3 is 2.40 bits per heavy atom. The molecular formula is C10H10BF4NO4. The van der Waals surface area contributed by atoms with Gasteiger partial charge in [-0.3, -0.25) is 4.79 Å². The molecule has 0 saturated heterocycles. The SMILES string of the molecule is COc1cc(B(O)O)cc(F)c1C(=O)NC(F)C(F)F. The smallest absolute Gasteiger partial charge is 0.488 e. The van der Waals surface area contributed by atoms with Gasteiger partial charge in [-0.15, -0.1) is 0 Å². The van der Waals surface area contributed by atoms with Gasteiger partial charge in [0.1, 0.15) is 17.1 Å². The molecule has 0 saturated carbocycles. The maximum atomic E-state index is 13.7. The van der Waals surface area contributed by atoms with Crippen LogP contribution in [0, 0.1) is 5.82 Å². The number of nitrogens with one attached hydrogen (secondary N) is 1. The van der Waals surface area contributed by atoms with E-state index in [4.69, 9.17) is 10.0 Å². The average molecular weight is 295 g/mol. The molecule has 10 heteroatoms. The highest BCUT2D eigenvalue weighted by molar-refractivity contribution is 6.58. The number of benzene rings is 1. The molecule has 20 heavy (non-hydrogen) atoms. The summed E-state index contributed by atoms with van der Waals surface area (Å²) < 4.78 is 55.0. The number of hydrogen-bond donors (Lipinski definition) is 3. The standard InChI is InChI=1S/C10H10BF4NO4/c1-20-6-3-4(11(18)19)2-5(12)7(6)10(17)16-9(15)8(13)14/h2-3,8-9,18-19H,1H3,(H,16,17). The van der Waals surface area contributed by atoms with Gasteiger partial charge in [-0.05, 0) is 17.6 Å². The Balaban J connectivity index is 3.14. The molecule has 1 rings (SSSR count). The monoisotopic (exact) mass is 295 g/mol. The minimum atomic E-state index is -3.47. The molecule has 0 radical (unpaired) electrons. The predicted octanol–water partition coefficient (Wildman–Crippen LogP) is -0.195. The minimum Gasteiger partial charge on any atom is -0.496 e. The van der Waals surface area contributed by atoms with Gasteiger partial charge in [-0.2, -0.15) is 0 Å². The molecule has 0 aliphatic rings. The predicted molar refractivity (Wildman–Crippen MR) is 61.1 cm³/mol. The fourth-order valence-corrected chi connectivity index (χ4v) is 1.39. The van der Waals surface area contributed by atoms with Crippen LogP contribution in [0.5, 0.6) is 5.75 Å². The van der Waals surface area contributed by atoms with Gasteiger partial charge in [-0.25, -0.2) is 17.6 Å². The molecule has 0 aliphatic carbocycles. The summed E-state index contributed by atoms with van der Waals surface area (Å²) in [4.78, 5) is 11.5. The summed E-state index contributed by atoms with van der Waals surface area (Å²) in [6.45, 7) is 0. The van der Waals surface area contributed by atoms with Crippen LogP contribution in [0.25, 0.3) is 0 Å². The average Bonchev–Trinajstić information content (AvgIpc) is 2.36. The lowest BCUT2D eigenvalue weighted by atomic mass is 9.79. The third kappa shape index (κ3) is 3.61. The molecule has 0 aliphatic heterocycles. The van der Waals surface area contributed by atoms with Crippen molar-refractivity contribution < 1.29 is 37.1 Å². The first-order valence-corrected chi connectivity index (χ1v) is 5.24. The second kappa shape index (κ2) is 6.57. The number of rotatable bonds is 5. The van der Waals surface area contributed by atoms with Crippen molar-refractivity contribution >= 4 is 18.5 Å². The number of amides is 1. The van der Waals surface area contributed by atoms with E-state index in [1.54, 1.807) is 0 Å². The Labute approximate surface area is 111 Å². The largest absolute Gasteiger partial charge is 0.496 e. The first kappa shape index (κ1) is 16.2. The Morgan fingerprint density at radius 1 is 1.35 bits per heavy atom. The van der Waals surface area contributed by atoms with Gasteiger partial charge in [0.15, 0.2) is 0 Å². The van der Waals surface area contributed by atoms with Gasteiger partial charge in [0.05, 0.1) is 7.11 Å². The van der Waals surface area contributed by atoms with E-state index in [-0.39, 0.29) is 5.46 Å². The lowest BCUT2D eigenvalue weighted by Crippen LogP contribution is -2.38. The second-order valence-electron chi connectivity index (χ2n) is 3.66. The Kier molecular flexibility index (Phi) is 5.34. The highest BCUT2D eigenvalue weighted by Gasteiger charge is 2.27. The van der Waals surface area contributed by atoms with Crippen molar-refractivity contribution in [3.63, 3.8) is 0 Å². The number of carbonyl (C=O) groups is 1. The van der Waals surface area contributed by atoms with E-state index in [0.29, 0.717) is 6.07 Å². The molecule has 3 N–H and O–H groups in total. The van der Waals surface area contributed by atoms with E-state index < -0.39 is 42.9 Å². The fraction of sp³-hybridized carbons (Fsp3) is 0.300. The molecule has 1 aromatic carbocycles. The quantitative estimate of drug-likeness (QED) is 0.399. The zero-order valence-corrected chi connectivity index (χ0v) is 10.1. The van der Waals surface area contributed by atoms with Crippen LogP contribution in [0.2, 0.25) is 0 Å². The first-order chi connectivity index (χ1) is 9.27. The van der Waals surface area contributed by atoms with Gasteiger partial charge < -0.3 is 20.1 Å². The van der Waals surface area contributed by atoms with Crippen LogP contribution < -0.4 is 15.5 Å². The van der Waals surface area contributed by atoms with E-state index in [1.807, 2.05) is 0 Å². The molecule has 110 valence electrons. The number of methoxy groups -OCH3 is 1. The van der Waals surface area contributed by atoms with Crippen LogP contribution in [-0.2, 0) is 0 Å². The first-order valence-electron chi connectivity index (χ1n) is 5.24. The summed E-state index contributed by atoms with van der Waals surface area (Å²) in [6.07, 6.45) is -6.43. The summed E-state index contributed by atoms with van der Waals surface area (Å²) in [5, 5.41) is 19.0. The molecule has 0 bridgehead atoms. The highest BCUT2D eigenvalue weighted by atomic mass is 19.3. The number of ether oxygens (including phenoxy) is 1. The van der Waals surface area contributed by atoms with Crippen molar-refractivity contribution in [1.29, 1.82) is 0 Å². The van der Waals surface area contributed by atoms with Gasteiger partial charge in [0.25, 0.3) is 12.3 Å². The van der Waals surface area contributed by atoms with Crippen molar-refractivity contribution in [2.45, 2.75) is 12.7 Å². The van der Waals surface area contributed by atoms with E-state index in [9.17, 15) is 22.4 Å². The highest BCUT2D eigenvalue weighted by Crippen LogP contribution is 2.20. The molecule has 1 amide bonds. The van der Waals surface area contributed by atoms with E-state index in [0.717, 1.165) is 13.2 Å². The zero-order chi connectivity index (χ0) is 15.4. The maximum absolute atomic E-state index is 13.7. The normalized spacial score (nSPS) is 12.2. The number of hydrogen-bond acceptors (Lipinski definition) is 4. The Bertz CT molecular complexity index is 500. The molecule has 1 unspecified atom stereocenters. The molecule has 0 spiro atoms. The molecule has 5 nitrogen and oxygen atoms in total. The van der Waals surface area contributed by atoms with Crippen LogP contribution in [0.1, 0.15) is 10.4 Å². The molecule has 0 fully saturated rings. The van der Waals surface area contributed by atoms with Crippen LogP contribution in [0.3, 0.4) is 0 Å². The van der Waals surface area contributed by atoms with Crippen LogP contribution >= 0.6 is 0 Å². The van der Waals surface area contributed by atoms with E-state index in [1.165, 1.54) is 5.32 Å². The van der Waals surface area contributed by atoms with Gasteiger partial charge >= 0.3 is 7.12 Å². The number of alkyl halides is 3. The maximum Gasteiger partial charge on any atom is 0.488 e. The summed E-state index contributed by atoms with van der Waals surface area (Å²) in [7, 11) is -0.982. The van der Waals surface area contributed by atoms with Gasteiger partial charge in [0.2, 0.25) is 6.30 Å². The van der Waals surface area contributed by atoms with Crippen LogP contribution in [0.4, 0.5) is 17.6 Å². The minimum absolute atomic E-state index is 0.318. The lowest BCUT2D eigenvalue weighted by molar-refractivity contribution is 0.0284. The second-order valence-corrected chi connectivity index (χ2v) is 3.66. The molecule has 0 heterocycles. The zero-order valence-electron chi connectivity index (χ0n) is 10.1. The van der Waals surface area contributed by atoms with E-state index in [2.05, 4.69) is 4.74 Å². The summed E-state index contributed by atoms with van der Waals surface area (Å²) in [5.41, 5.74) is -1.14. The van der Waals surface area contributed by atoms with Gasteiger partial charge in [-0.1, -0.05) is 0 Å². The molecule has 1 atom stereocenters. The molecule has 1 aromatic rings. The number of halogens is 4. The van der Waals surface area contributed by atoms with Crippen molar-refractivity contribution in [3.8, 4) is 5.75 Å². The summed E-state index contributed by atoms with van der Waals surface area (Å²) in [6, 6.07) is 1.51. The van der Waals surface area contributed by atoms with Crippen molar-refractivity contribution in [2.24, 2.45) is 0 Å². The van der Waals surface area contributed by atoms with E-state index >= 15 is 0 Å². The Hall–Kier alpha value is -1.81.